The molecular weight excluding hydrogens is 278 g/mol. The van der Waals surface area contributed by atoms with Crippen molar-refractivity contribution in [1.29, 1.82) is 0 Å². The maximum absolute atomic E-state index is 11.0. The fraction of sp³-hybridized carbons (Fsp3) is 0.571. The van der Waals surface area contributed by atoms with Gasteiger partial charge in [0.25, 0.3) is 0 Å². The highest BCUT2D eigenvalue weighted by molar-refractivity contribution is 5.86. The Labute approximate surface area is 124 Å². The molecule has 0 saturated carbocycles. The van der Waals surface area contributed by atoms with Crippen LogP contribution in [0.15, 0.2) is 24.8 Å². The van der Waals surface area contributed by atoms with Crippen LogP contribution in [0.3, 0.4) is 0 Å². The van der Waals surface area contributed by atoms with E-state index >= 15 is 0 Å². The molecule has 0 heterocycles. The normalized spacial score (nSPS) is 9.76. The van der Waals surface area contributed by atoms with E-state index in [-0.39, 0.29) is 13.2 Å². The second kappa shape index (κ2) is 13.1. The minimum Gasteiger partial charge on any atom is -0.460 e. The van der Waals surface area contributed by atoms with Crippen LogP contribution in [-0.4, -0.2) is 58.2 Å². The first-order chi connectivity index (χ1) is 10.1. The number of hydrogen-bond acceptors (Lipinski definition) is 6. The Balaban J connectivity index is 3.22. The molecule has 0 unspecified atom stereocenters. The largest absolute Gasteiger partial charge is 0.460 e. The predicted octanol–water partition coefficient (Wildman–Crippen LogP) is 1.05. The lowest BCUT2D eigenvalue weighted by Crippen LogP contribution is -2.28. The number of hydrogen-bond donors (Lipinski definition) is 1. The average molecular weight is 301 g/mol. The van der Waals surface area contributed by atoms with Gasteiger partial charge < -0.3 is 24.3 Å². The highest BCUT2D eigenvalue weighted by Gasteiger charge is 2.02. The zero-order valence-electron chi connectivity index (χ0n) is 12.4. The van der Waals surface area contributed by atoms with E-state index in [0.29, 0.717) is 38.5 Å². The Morgan fingerprint density at radius 3 is 2.29 bits per heavy atom. The van der Waals surface area contributed by atoms with Crippen molar-refractivity contribution in [1.82, 2.24) is 5.32 Å². The quantitative estimate of drug-likeness (QED) is 0.251. The zero-order valence-corrected chi connectivity index (χ0v) is 12.4. The lowest BCUT2D eigenvalue weighted by molar-refractivity contribution is -0.140. The molecule has 0 aliphatic heterocycles. The van der Waals surface area contributed by atoms with Crippen molar-refractivity contribution in [3.8, 4) is 0 Å². The van der Waals surface area contributed by atoms with Gasteiger partial charge in [-0.1, -0.05) is 19.2 Å². The number of nitrogens with one attached hydrogen (secondary N) is 1. The number of carbonyl (C=O) groups excluding carboxylic acids is 2. The molecule has 0 aliphatic rings. The Morgan fingerprint density at radius 2 is 1.67 bits per heavy atom. The van der Waals surface area contributed by atoms with E-state index in [1.165, 1.54) is 6.08 Å². The summed E-state index contributed by atoms with van der Waals surface area (Å²) in [5.41, 5.74) is 0.359. The molecule has 1 amide bonds. The van der Waals surface area contributed by atoms with E-state index in [9.17, 15) is 9.59 Å². The third-order valence-electron chi connectivity index (χ3n) is 2.03. The summed E-state index contributed by atoms with van der Waals surface area (Å²) < 4.78 is 19.9. The van der Waals surface area contributed by atoms with Crippen LogP contribution < -0.4 is 5.32 Å². The van der Waals surface area contributed by atoms with Gasteiger partial charge in [-0.15, -0.1) is 0 Å². The fourth-order valence-corrected chi connectivity index (χ4v) is 1.05. The Morgan fingerprint density at radius 1 is 1.05 bits per heavy atom. The number of alkyl carbamates (subject to hydrolysis) is 1. The molecule has 120 valence electrons. The van der Waals surface area contributed by atoms with Crippen molar-refractivity contribution in [2.24, 2.45) is 0 Å². The summed E-state index contributed by atoms with van der Waals surface area (Å²) in [5, 5.41) is 2.51. The maximum Gasteiger partial charge on any atom is 0.407 e. The SMILES string of the molecule is C=CCOC(=O)NCCOCCOCCOC(=O)C(=C)C. The molecule has 7 heteroatoms. The third kappa shape index (κ3) is 12.9. The van der Waals surface area contributed by atoms with Crippen LogP contribution in [0.25, 0.3) is 0 Å². The molecule has 0 aliphatic carbocycles. The molecule has 0 saturated heterocycles. The van der Waals surface area contributed by atoms with Crippen LogP contribution >= 0.6 is 0 Å². The molecular formula is C14H23NO6. The van der Waals surface area contributed by atoms with Gasteiger partial charge in [0.15, 0.2) is 0 Å². The van der Waals surface area contributed by atoms with Gasteiger partial charge in [0.2, 0.25) is 0 Å². The van der Waals surface area contributed by atoms with Gasteiger partial charge in [-0.25, -0.2) is 9.59 Å². The van der Waals surface area contributed by atoms with Gasteiger partial charge in [-0.3, -0.25) is 0 Å². The smallest absolute Gasteiger partial charge is 0.407 e. The van der Waals surface area contributed by atoms with Gasteiger partial charge in [0.05, 0.1) is 26.4 Å². The van der Waals surface area contributed by atoms with E-state index in [4.69, 9.17) is 18.9 Å². The van der Waals surface area contributed by atoms with E-state index in [1.54, 1.807) is 6.92 Å². The number of rotatable bonds is 12. The molecule has 7 nitrogen and oxygen atoms in total. The molecule has 0 aromatic carbocycles. The Kier molecular flexibility index (Phi) is 12.0. The summed E-state index contributed by atoms with van der Waals surface area (Å²) in [7, 11) is 0. The maximum atomic E-state index is 11.0. The minimum atomic E-state index is -0.505. The van der Waals surface area contributed by atoms with Crippen LogP contribution in [0.5, 0.6) is 0 Å². The second-order valence-corrected chi connectivity index (χ2v) is 3.95. The van der Waals surface area contributed by atoms with Gasteiger partial charge in [0, 0.05) is 12.1 Å². The summed E-state index contributed by atoms with van der Waals surface area (Å²) >= 11 is 0. The molecule has 21 heavy (non-hydrogen) atoms. The van der Waals surface area contributed by atoms with E-state index in [1.807, 2.05) is 0 Å². The van der Waals surface area contributed by atoms with Crippen LogP contribution in [0.4, 0.5) is 4.79 Å². The van der Waals surface area contributed by atoms with Crippen LogP contribution in [0.1, 0.15) is 6.92 Å². The topological polar surface area (TPSA) is 83.1 Å². The number of carbonyl (C=O) groups is 2. The summed E-state index contributed by atoms with van der Waals surface area (Å²) in [5.74, 6) is -0.427. The van der Waals surface area contributed by atoms with Crippen molar-refractivity contribution >= 4 is 12.1 Å². The Hall–Kier alpha value is -1.86. The third-order valence-corrected chi connectivity index (χ3v) is 2.03. The second-order valence-electron chi connectivity index (χ2n) is 3.95. The first-order valence-corrected chi connectivity index (χ1v) is 6.57. The fourth-order valence-electron chi connectivity index (χ4n) is 1.05. The lowest BCUT2D eigenvalue weighted by atomic mass is 10.4. The molecule has 0 bridgehead atoms. The van der Waals surface area contributed by atoms with Gasteiger partial charge in [0.1, 0.15) is 13.2 Å². The van der Waals surface area contributed by atoms with Crippen LogP contribution in [0.2, 0.25) is 0 Å². The molecule has 0 aromatic rings. The zero-order chi connectivity index (χ0) is 15.9. The molecule has 0 spiro atoms. The molecule has 0 radical (unpaired) electrons. The standard InChI is InChI=1S/C14H23NO6/c1-4-6-21-14(17)15-5-7-18-8-9-19-10-11-20-13(16)12(2)3/h4H,1-2,5-11H2,3H3,(H,15,17). The van der Waals surface area contributed by atoms with Gasteiger partial charge in [-0.05, 0) is 6.92 Å². The van der Waals surface area contributed by atoms with Crippen LogP contribution in [0, 0.1) is 0 Å². The first-order valence-electron chi connectivity index (χ1n) is 6.57. The molecule has 0 fully saturated rings. The van der Waals surface area contributed by atoms with Crippen molar-refractivity contribution < 1.29 is 28.5 Å². The van der Waals surface area contributed by atoms with Gasteiger partial charge >= 0.3 is 12.1 Å². The van der Waals surface area contributed by atoms with Gasteiger partial charge in [-0.2, -0.15) is 0 Å². The molecule has 0 aromatic heterocycles. The Bertz CT molecular complexity index is 342. The van der Waals surface area contributed by atoms with Crippen molar-refractivity contribution in [3.05, 3.63) is 24.8 Å². The predicted molar refractivity (Wildman–Crippen MR) is 77.0 cm³/mol. The lowest BCUT2D eigenvalue weighted by Gasteiger charge is -2.07. The number of ether oxygens (including phenoxy) is 4. The summed E-state index contributed by atoms with van der Waals surface area (Å²) in [4.78, 5) is 22.0. The number of esters is 1. The molecule has 0 rings (SSSR count). The highest BCUT2D eigenvalue weighted by atomic mass is 16.6. The highest BCUT2D eigenvalue weighted by Crippen LogP contribution is 1.91. The first kappa shape index (κ1) is 19.1. The average Bonchev–Trinajstić information content (AvgIpc) is 2.46. The van der Waals surface area contributed by atoms with Crippen LogP contribution in [-0.2, 0) is 23.7 Å². The van der Waals surface area contributed by atoms with E-state index in [2.05, 4.69) is 18.5 Å². The van der Waals surface area contributed by atoms with E-state index in [0.717, 1.165) is 0 Å². The molecule has 0 atom stereocenters. The minimum absolute atomic E-state index is 0.177. The monoisotopic (exact) mass is 301 g/mol. The van der Waals surface area contributed by atoms with Crippen molar-refractivity contribution in [3.63, 3.8) is 0 Å². The van der Waals surface area contributed by atoms with Crippen molar-refractivity contribution in [2.45, 2.75) is 6.92 Å². The number of amides is 1. The van der Waals surface area contributed by atoms with Crippen molar-refractivity contribution in [2.75, 3.05) is 46.2 Å². The van der Waals surface area contributed by atoms with E-state index < -0.39 is 12.1 Å². The summed E-state index contributed by atoms with van der Waals surface area (Å²) in [6.07, 6.45) is 0.982. The molecule has 1 N–H and O–H groups in total. The summed E-state index contributed by atoms with van der Waals surface area (Å²) in [6, 6.07) is 0. The summed E-state index contributed by atoms with van der Waals surface area (Å²) in [6.45, 7) is 10.6.